The van der Waals surface area contributed by atoms with Crippen LogP contribution in [-0.2, 0) is 6.42 Å². The van der Waals surface area contributed by atoms with Gasteiger partial charge in [-0.05, 0) is 78.9 Å². The summed E-state index contributed by atoms with van der Waals surface area (Å²) in [7, 11) is 1.72. The van der Waals surface area contributed by atoms with Gasteiger partial charge in [-0.3, -0.25) is 0 Å². The Morgan fingerprint density at radius 1 is 1.00 bits per heavy atom. The molecule has 5 nitrogen and oxygen atoms in total. The van der Waals surface area contributed by atoms with E-state index >= 15 is 0 Å². The molecule has 2 aromatic rings. The van der Waals surface area contributed by atoms with E-state index in [-0.39, 0.29) is 6.04 Å². The maximum atomic E-state index is 6.23. The molecule has 0 amide bonds. The first-order valence-electron chi connectivity index (χ1n) is 12.1. The fourth-order valence-corrected chi connectivity index (χ4v) is 4.51. The number of ether oxygens (including phenoxy) is 3. The van der Waals surface area contributed by atoms with E-state index < -0.39 is 0 Å². The van der Waals surface area contributed by atoms with Crippen LogP contribution < -0.4 is 19.5 Å². The zero-order chi connectivity index (χ0) is 23.1. The standard InChI is InChI=1S/C27H40N2O3/c1-7-29(8-2)14-15-32-26-18-24-20(16-25(26)30-6)12-13-28-27(24)22-11-10-21(31-9-3)17-23(22)19(4)5/h10-11,16-19,27-28H,7-9,12-15H2,1-6H3. The summed E-state index contributed by atoms with van der Waals surface area (Å²) in [5, 5.41) is 3.75. The molecule has 1 atom stereocenters. The minimum atomic E-state index is 0.128. The summed E-state index contributed by atoms with van der Waals surface area (Å²) in [4.78, 5) is 2.37. The zero-order valence-electron chi connectivity index (χ0n) is 20.7. The van der Waals surface area contributed by atoms with Crippen molar-refractivity contribution in [3.63, 3.8) is 0 Å². The minimum absolute atomic E-state index is 0.128. The van der Waals surface area contributed by atoms with Crippen LogP contribution in [-0.4, -0.2) is 51.4 Å². The second-order valence-electron chi connectivity index (χ2n) is 8.59. The van der Waals surface area contributed by atoms with E-state index in [0.29, 0.717) is 19.1 Å². The number of hydrogen-bond acceptors (Lipinski definition) is 5. The highest BCUT2D eigenvalue weighted by molar-refractivity contribution is 5.53. The summed E-state index contributed by atoms with van der Waals surface area (Å²) in [6, 6.07) is 11.0. The van der Waals surface area contributed by atoms with Crippen molar-refractivity contribution in [1.29, 1.82) is 0 Å². The molecule has 0 aliphatic carbocycles. The molecule has 1 heterocycles. The molecule has 0 bridgehead atoms. The Hall–Kier alpha value is -2.24. The summed E-state index contributed by atoms with van der Waals surface area (Å²) < 4.78 is 17.7. The molecule has 0 fully saturated rings. The zero-order valence-corrected chi connectivity index (χ0v) is 20.7. The lowest BCUT2D eigenvalue weighted by Crippen LogP contribution is -2.31. The number of nitrogens with zero attached hydrogens (tertiary/aromatic N) is 1. The van der Waals surface area contributed by atoms with Crippen LogP contribution in [0.15, 0.2) is 30.3 Å². The van der Waals surface area contributed by atoms with E-state index in [1.807, 2.05) is 6.92 Å². The number of likely N-dealkylation sites (N-methyl/N-ethyl adjacent to an activating group) is 1. The van der Waals surface area contributed by atoms with Crippen molar-refractivity contribution in [2.75, 3.05) is 46.5 Å². The molecule has 1 aliphatic rings. The lowest BCUT2D eigenvalue weighted by atomic mass is 9.84. The summed E-state index contributed by atoms with van der Waals surface area (Å²) in [6.45, 7) is 16.1. The molecular weight excluding hydrogens is 400 g/mol. The SMILES string of the molecule is CCOc1ccc(C2NCCc3cc(OC)c(OCCN(CC)CC)cc32)c(C(C)C)c1. The molecule has 1 N–H and O–H groups in total. The van der Waals surface area contributed by atoms with Crippen molar-refractivity contribution in [2.24, 2.45) is 0 Å². The Kier molecular flexibility index (Phi) is 8.83. The first-order chi connectivity index (χ1) is 15.5. The van der Waals surface area contributed by atoms with Crippen molar-refractivity contribution in [1.82, 2.24) is 10.2 Å². The maximum absolute atomic E-state index is 6.23. The largest absolute Gasteiger partial charge is 0.494 e. The minimum Gasteiger partial charge on any atom is -0.494 e. The predicted octanol–water partition coefficient (Wildman–Crippen LogP) is 5.17. The molecule has 0 saturated carbocycles. The third-order valence-corrected chi connectivity index (χ3v) is 6.34. The summed E-state index contributed by atoms with van der Waals surface area (Å²) in [6.07, 6.45) is 0.982. The highest BCUT2D eigenvalue weighted by atomic mass is 16.5. The molecule has 3 rings (SSSR count). The fourth-order valence-electron chi connectivity index (χ4n) is 4.51. The molecule has 2 aromatic carbocycles. The Morgan fingerprint density at radius 2 is 1.78 bits per heavy atom. The van der Waals surface area contributed by atoms with E-state index in [0.717, 1.165) is 49.8 Å². The van der Waals surface area contributed by atoms with Crippen LogP contribution in [0, 0.1) is 0 Å². The molecule has 0 radical (unpaired) electrons. The molecule has 0 saturated heterocycles. The second kappa shape index (κ2) is 11.6. The highest BCUT2D eigenvalue weighted by Gasteiger charge is 2.26. The van der Waals surface area contributed by atoms with Gasteiger partial charge in [-0.25, -0.2) is 0 Å². The average Bonchev–Trinajstić information content (AvgIpc) is 2.81. The number of methoxy groups -OCH3 is 1. The van der Waals surface area contributed by atoms with Crippen molar-refractivity contribution in [3.8, 4) is 17.2 Å². The fraction of sp³-hybridized carbons (Fsp3) is 0.556. The molecule has 32 heavy (non-hydrogen) atoms. The quantitative estimate of drug-likeness (QED) is 0.522. The van der Waals surface area contributed by atoms with E-state index in [1.165, 1.54) is 22.3 Å². The Labute approximate surface area is 194 Å². The van der Waals surface area contributed by atoms with Gasteiger partial charge in [-0.1, -0.05) is 33.8 Å². The van der Waals surface area contributed by atoms with Crippen LogP contribution in [0.4, 0.5) is 0 Å². The van der Waals surface area contributed by atoms with Gasteiger partial charge in [0.2, 0.25) is 0 Å². The van der Waals surface area contributed by atoms with Gasteiger partial charge in [0.25, 0.3) is 0 Å². The van der Waals surface area contributed by atoms with Gasteiger partial charge in [0.05, 0.1) is 19.8 Å². The summed E-state index contributed by atoms with van der Waals surface area (Å²) in [5.74, 6) is 2.98. The van der Waals surface area contributed by atoms with Crippen molar-refractivity contribution < 1.29 is 14.2 Å². The first kappa shape index (κ1) is 24.4. The lowest BCUT2D eigenvalue weighted by molar-refractivity contribution is 0.217. The van der Waals surface area contributed by atoms with E-state index in [1.54, 1.807) is 7.11 Å². The topological polar surface area (TPSA) is 43.0 Å². The van der Waals surface area contributed by atoms with Crippen LogP contribution >= 0.6 is 0 Å². The first-order valence-corrected chi connectivity index (χ1v) is 12.1. The molecule has 1 unspecified atom stereocenters. The summed E-state index contributed by atoms with van der Waals surface area (Å²) >= 11 is 0. The number of fused-ring (bicyclic) bond motifs is 1. The molecule has 5 heteroatoms. The molecular formula is C27H40N2O3. The van der Waals surface area contributed by atoms with Crippen LogP contribution in [0.3, 0.4) is 0 Å². The molecule has 1 aliphatic heterocycles. The molecule has 0 aromatic heterocycles. The van der Waals surface area contributed by atoms with Gasteiger partial charge in [0, 0.05) is 13.1 Å². The van der Waals surface area contributed by atoms with Gasteiger partial charge >= 0.3 is 0 Å². The second-order valence-corrected chi connectivity index (χ2v) is 8.59. The average molecular weight is 441 g/mol. The van der Waals surface area contributed by atoms with Crippen LogP contribution in [0.5, 0.6) is 17.2 Å². The maximum Gasteiger partial charge on any atom is 0.161 e. The van der Waals surface area contributed by atoms with Crippen molar-refractivity contribution in [2.45, 2.75) is 53.0 Å². The Balaban J connectivity index is 1.94. The van der Waals surface area contributed by atoms with Gasteiger partial charge in [-0.2, -0.15) is 0 Å². The van der Waals surface area contributed by atoms with Crippen LogP contribution in [0.25, 0.3) is 0 Å². The third-order valence-electron chi connectivity index (χ3n) is 6.34. The van der Waals surface area contributed by atoms with E-state index in [2.05, 4.69) is 68.2 Å². The highest BCUT2D eigenvalue weighted by Crippen LogP contribution is 2.40. The number of rotatable bonds is 11. The van der Waals surface area contributed by atoms with Crippen molar-refractivity contribution >= 4 is 0 Å². The number of benzene rings is 2. The normalized spacial score (nSPS) is 15.7. The van der Waals surface area contributed by atoms with E-state index in [9.17, 15) is 0 Å². The Morgan fingerprint density at radius 3 is 2.44 bits per heavy atom. The van der Waals surface area contributed by atoms with Gasteiger partial charge in [-0.15, -0.1) is 0 Å². The molecule has 176 valence electrons. The third kappa shape index (κ3) is 5.57. The van der Waals surface area contributed by atoms with Crippen LogP contribution in [0.1, 0.15) is 68.8 Å². The van der Waals surface area contributed by atoms with Gasteiger partial charge in [0.15, 0.2) is 11.5 Å². The molecule has 0 spiro atoms. The van der Waals surface area contributed by atoms with Crippen LogP contribution in [0.2, 0.25) is 0 Å². The van der Waals surface area contributed by atoms with Crippen molar-refractivity contribution in [3.05, 3.63) is 52.6 Å². The number of hydrogen-bond donors (Lipinski definition) is 1. The monoisotopic (exact) mass is 440 g/mol. The predicted molar refractivity (Wildman–Crippen MR) is 132 cm³/mol. The summed E-state index contributed by atoms with van der Waals surface area (Å²) in [5.41, 5.74) is 5.23. The Bertz CT molecular complexity index is 877. The van der Waals surface area contributed by atoms with Gasteiger partial charge in [0.1, 0.15) is 12.4 Å². The van der Waals surface area contributed by atoms with E-state index in [4.69, 9.17) is 14.2 Å². The smallest absolute Gasteiger partial charge is 0.161 e. The lowest BCUT2D eigenvalue weighted by Gasteiger charge is -2.31. The van der Waals surface area contributed by atoms with Gasteiger partial charge < -0.3 is 24.4 Å². The number of nitrogens with one attached hydrogen (secondary N) is 1.